The van der Waals surface area contributed by atoms with Gasteiger partial charge in [-0.3, -0.25) is 18.5 Å². The molecule has 0 spiro atoms. The zero-order chi connectivity index (χ0) is 24.5. The Labute approximate surface area is 200 Å². The van der Waals surface area contributed by atoms with Gasteiger partial charge in [-0.1, -0.05) is 78.9 Å². The van der Waals surface area contributed by atoms with Crippen LogP contribution in [0.4, 0.5) is 4.39 Å². The van der Waals surface area contributed by atoms with E-state index >= 15 is 0 Å². The van der Waals surface area contributed by atoms with Crippen LogP contribution in [0.3, 0.4) is 0 Å². The Hall–Kier alpha value is -4.46. The molecule has 2 aromatic heterocycles. The van der Waals surface area contributed by atoms with E-state index in [1.54, 1.807) is 25.2 Å². The zero-order valence-corrected chi connectivity index (χ0v) is 19.3. The Morgan fingerprint density at radius 1 is 0.829 bits per heavy atom. The van der Waals surface area contributed by atoms with Crippen LogP contribution in [0.25, 0.3) is 11.2 Å². The average Bonchev–Trinajstić information content (AvgIpc) is 3.25. The second-order valence-electron chi connectivity index (χ2n) is 8.27. The van der Waals surface area contributed by atoms with Crippen LogP contribution in [0, 0.1) is 5.82 Å². The van der Waals surface area contributed by atoms with Gasteiger partial charge in [-0.05, 0) is 17.2 Å². The third kappa shape index (κ3) is 4.03. The smallest absolute Gasteiger partial charge is 0.332 e. The number of hydrogen-bond donors (Lipinski definition) is 0. The number of aromatic nitrogens is 4. The van der Waals surface area contributed by atoms with E-state index in [1.165, 1.54) is 22.2 Å². The van der Waals surface area contributed by atoms with Gasteiger partial charge >= 0.3 is 5.69 Å². The minimum Gasteiger partial charge on any atom is -0.451 e. The highest BCUT2D eigenvalue weighted by Gasteiger charge is 2.25. The fourth-order valence-corrected chi connectivity index (χ4v) is 4.15. The number of imidazole rings is 1. The fourth-order valence-electron chi connectivity index (χ4n) is 4.15. The Morgan fingerprint density at radius 3 is 2.00 bits per heavy atom. The number of rotatable bonds is 6. The van der Waals surface area contributed by atoms with Gasteiger partial charge in [0.25, 0.3) is 11.6 Å². The first-order chi connectivity index (χ1) is 17.0. The standard InChI is InChI=1S/C27H23FN4O3/c1-30-24-22(25(33)31(2)27(30)34)32(17-20-15-9-10-16-21(20)28)26(29-24)35-23(18-11-5-3-6-12-18)19-13-7-4-8-14-19/h3-16,23H,17H2,1-2H3. The predicted molar refractivity (Wildman–Crippen MR) is 131 cm³/mol. The van der Waals surface area contributed by atoms with Crippen molar-refractivity contribution in [3.8, 4) is 6.01 Å². The summed E-state index contributed by atoms with van der Waals surface area (Å²) >= 11 is 0. The Morgan fingerprint density at radius 2 is 1.40 bits per heavy atom. The molecule has 176 valence electrons. The van der Waals surface area contributed by atoms with Crippen molar-refractivity contribution in [1.82, 2.24) is 18.7 Å². The maximum Gasteiger partial charge on any atom is 0.332 e. The number of hydrogen-bond acceptors (Lipinski definition) is 4. The van der Waals surface area contributed by atoms with Crippen molar-refractivity contribution < 1.29 is 9.13 Å². The van der Waals surface area contributed by atoms with Crippen molar-refractivity contribution in [1.29, 1.82) is 0 Å². The molecule has 0 unspecified atom stereocenters. The second kappa shape index (κ2) is 9.06. The first-order valence-electron chi connectivity index (χ1n) is 11.1. The summed E-state index contributed by atoms with van der Waals surface area (Å²) in [5.74, 6) is -0.412. The van der Waals surface area contributed by atoms with Crippen molar-refractivity contribution in [3.63, 3.8) is 0 Å². The second-order valence-corrected chi connectivity index (χ2v) is 8.27. The van der Waals surface area contributed by atoms with Crippen molar-refractivity contribution in [2.75, 3.05) is 0 Å². The van der Waals surface area contributed by atoms with E-state index in [9.17, 15) is 14.0 Å². The normalized spacial score (nSPS) is 11.3. The third-order valence-corrected chi connectivity index (χ3v) is 6.03. The summed E-state index contributed by atoms with van der Waals surface area (Å²) in [6, 6.07) is 25.7. The van der Waals surface area contributed by atoms with E-state index < -0.39 is 23.2 Å². The molecule has 0 atom stereocenters. The summed E-state index contributed by atoms with van der Waals surface area (Å²) < 4.78 is 24.9. The molecular formula is C27H23FN4O3. The summed E-state index contributed by atoms with van der Waals surface area (Å²) in [5, 5.41) is 0. The summed E-state index contributed by atoms with van der Waals surface area (Å²) in [6.07, 6.45) is -0.547. The van der Waals surface area contributed by atoms with Crippen LogP contribution in [0.5, 0.6) is 6.01 Å². The van der Waals surface area contributed by atoms with Crippen LogP contribution in [-0.4, -0.2) is 18.7 Å². The fraction of sp³-hybridized carbons (Fsp3) is 0.148. The number of fused-ring (bicyclic) bond motifs is 1. The molecule has 0 aliphatic heterocycles. The zero-order valence-electron chi connectivity index (χ0n) is 19.3. The number of benzene rings is 3. The van der Waals surface area contributed by atoms with Crippen molar-refractivity contribution in [2.45, 2.75) is 12.6 Å². The Balaban J connectivity index is 1.74. The van der Waals surface area contributed by atoms with Crippen LogP contribution in [0.2, 0.25) is 0 Å². The quantitative estimate of drug-likeness (QED) is 0.379. The van der Waals surface area contributed by atoms with Crippen molar-refractivity contribution in [2.24, 2.45) is 14.1 Å². The number of ether oxygens (including phenoxy) is 1. The molecule has 5 aromatic rings. The van der Waals surface area contributed by atoms with Crippen LogP contribution in [-0.2, 0) is 20.6 Å². The molecule has 7 nitrogen and oxygen atoms in total. The van der Waals surface area contributed by atoms with Gasteiger partial charge in [0.05, 0.1) is 6.54 Å². The lowest BCUT2D eigenvalue weighted by molar-refractivity contribution is 0.218. The third-order valence-electron chi connectivity index (χ3n) is 6.03. The average molecular weight is 471 g/mol. The van der Waals surface area contributed by atoms with Gasteiger partial charge in [0, 0.05) is 19.7 Å². The highest BCUT2D eigenvalue weighted by atomic mass is 19.1. The highest BCUT2D eigenvalue weighted by molar-refractivity contribution is 5.72. The summed E-state index contributed by atoms with van der Waals surface area (Å²) in [4.78, 5) is 30.3. The molecule has 0 saturated carbocycles. The van der Waals surface area contributed by atoms with Crippen molar-refractivity contribution >= 4 is 11.2 Å². The first kappa shape index (κ1) is 22.3. The topological polar surface area (TPSA) is 71.1 Å². The van der Waals surface area contributed by atoms with Gasteiger partial charge in [0.15, 0.2) is 17.3 Å². The van der Waals surface area contributed by atoms with Gasteiger partial charge in [0.2, 0.25) is 0 Å². The van der Waals surface area contributed by atoms with Crippen LogP contribution in [0.1, 0.15) is 22.8 Å². The number of nitrogens with zero attached hydrogens (tertiary/aromatic N) is 4. The minimum absolute atomic E-state index is 0.00223. The van der Waals surface area contributed by atoms with Gasteiger partial charge in [-0.2, -0.15) is 4.98 Å². The molecule has 0 radical (unpaired) electrons. The molecule has 0 aliphatic rings. The largest absolute Gasteiger partial charge is 0.451 e. The molecule has 0 fully saturated rings. The van der Waals surface area contributed by atoms with E-state index in [0.29, 0.717) is 5.56 Å². The molecule has 0 aliphatic carbocycles. The predicted octanol–water partition coefficient (Wildman–Crippen LogP) is 3.79. The molecule has 0 N–H and O–H groups in total. The summed E-state index contributed by atoms with van der Waals surface area (Å²) in [5.41, 5.74) is 1.42. The lowest BCUT2D eigenvalue weighted by atomic mass is 10.0. The maximum absolute atomic E-state index is 14.6. The van der Waals surface area contributed by atoms with E-state index in [4.69, 9.17) is 4.74 Å². The molecule has 5 rings (SSSR count). The molecule has 2 heterocycles. The van der Waals surface area contributed by atoms with E-state index in [2.05, 4.69) is 4.98 Å². The Kier molecular flexibility index (Phi) is 5.78. The first-order valence-corrected chi connectivity index (χ1v) is 11.1. The van der Waals surface area contributed by atoms with Crippen LogP contribution in [0.15, 0.2) is 94.5 Å². The van der Waals surface area contributed by atoms with Gasteiger partial charge in [-0.15, -0.1) is 0 Å². The number of aryl methyl sites for hydroxylation is 1. The van der Waals surface area contributed by atoms with Crippen LogP contribution < -0.4 is 16.0 Å². The Bertz CT molecular complexity index is 1580. The minimum atomic E-state index is -0.547. The van der Waals surface area contributed by atoms with E-state index in [0.717, 1.165) is 15.7 Å². The maximum atomic E-state index is 14.6. The molecular weight excluding hydrogens is 447 g/mol. The molecule has 35 heavy (non-hydrogen) atoms. The van der Waals surface area contributed by atoms with Gasteiger partial charge in [-0.25, -0.2) is 9.18 Å². The molecule has 0 bridgehead atoms. The lowest BCUT2D eigenvalue weighted by Crippen LogP contribution is -2.37. The molecule has 3 aromatic carbocycles. The highest BCUT2D eigenvalue weighted by Crippen LogP contribution is 2.30. The van der Waals surface area contributed by atoms with Gasteiger partial charge < -0.3 is 4.74 Å². The summed E-state index contributed by atoms with van der Waals surface area (Å²) in [6.45, 7) is 0.00223. The van der Waals surface area contributed by atoms with Crippen LogP contribution >= 0.6 is 0 Å². The van der Waals surface area contributed by atoms with Crippen molar-refractivity contribution in [3.05, 3.63) is 128 Å². The van der Waals surface area contributed by atoms with E-state index in [1.807, 2.05) is 60.7 Å². The van der Waals surface area contributed by atoms with Gasteiger partial charge in [0.1, 0.15) is 5.82 Å². The summed E-state index contributed by atoms with van der Waals surface area (Å²) in [7, 11) is 2.95. The lowest BCUT2D eigenvalue weighted by Gasteiger charge is -2.20. The number of halogens is 1. The van der Waals surface area contributed by atoms with E-state index in [-0.39, 0.29) is 23.7 Å². The molecule has 0 saturated heterocycles. The molecule has 8 heteroatoms. The molecule has 0 amide bonds. The SMILES string of the molecule is Cn1c(=O)c2c(nc(OC(c3ccccc3)c3ccccc3)n2Cc2ccccc2F)n(C)c1=O. The monoisotopic (exact) mass is 470 g/mol.